The molecule has 0 bridgehead atoms. The summed E-state index contributed by atoms with van der Waals surface area (Å²) < 4.78 is 15.4. The standard InChI is InChI=1S/C89H112N26O9/c1-6-31-110(82(119)53-91-52-65-55-114(104-102-65)34-13-29-92-80(117)19-11-44-123-69-17-9-15-61(46-69)86-94-71-25-21-63(48-75(71)98-86)88-96-73-27-23-67(50-77(73)100-88)108-40-36-106(4)37-41-108)58-83(120)111(32-7-2)59-84(121)112(33-8-3)60-85(122)113(57-79(90)116)54-66-56-115(105-103-66)35-14-30-93-81(118)20-12-45-124-70-18-10-16-62(47-70)87-95-72-26-22-64(49-76(72)99-87)89-97-74-28-24-68(51-78(74)101-89)109-42-38-107(5)39-43-109/h9-10,15-18,21-28,46-51,55-56,91H,6-8,11-14,19-20,29-45,52-54,57-60H2,1-5H3,(H2,90,116)(H,92,117)(H,93,118)(H,94,98)(H,95,99)(H,96,100)(H,97,101). The summed E-state index contributed by atoms with van der Waals surface area (Å²) in [6.07, 6.45) is 7.71. The number of aromatic nitrogens is 14. The molecule has 124 heavy (non-hydrogen) atoms. The number of carbonyl (C=O) groups is 7. The van der Waals surface area contributed by atoms with E-state index in [1.54, 1.807) is 21.8 Å². The van der Waals surface area contributed by atoms with Crippen LogP contribution < -0.4 is 41.0 Å². The second-order valence-corrected chi connectivity index (χ2v) is 31.9. The number of carbonyl (C=O) groups excluding carboxylic acids is 7. The Hall–Kier alpha value is -13.2. The molecule has 0 unspecified atom stereocenters. The van der Waals surface area contributed by atoms with Gasteiger partial charge in [-0.2, -0.15) is 0 Å². The Balaban J connectivity index is 0.457. The molecule has 6 aromatic carbocycles. The monoisotopic (exact) mass is 1690 g/mol. The number of H-pyrrole nitrogens is 4. The lowest BCUT2D eigenvalue weighted by Gasteiger charge is -2.34. The van der Waals surface area contributed by atoms with Gasteiger partial charge in [0.05, 0.1) is 109 Å². The van der Waals surface area contributed by atoms with E-state index in [9.17, 15) is 33.6 Å². The largest absolute Gasteiger partial charge is 0.494 e. The number of hydrogen-bond acceptors (Lipinski definition) is 22. The minimum Gasteiger partial charge on any atom is -0.494 e. The molecule has 0 aliphatic carbocycles. The quantitative estimate of drug-likeness (QED) is 0.0170. The highest BCUT2D eigenvalue weighted by molar-refractivity contribution is 5.93. The Morgan fingerprint density at radius 1 is 0.444 bits per heavy atom. The van der Waals surface area contributed by atoms with Crippen molar-refractivity contribution in [1.82, 2.24) is 115 Å². The number of rotatable bonds is 44. The number of ether oxygens (including phenoxy) is 2. The molecule has 7 amide bonds. The Bertz CT molecular complexity index is 5650. The maximum absolute atomic E-state index is 14.1. The third-order valence-corrected chi connectivity index (χ3v) is 22.1. The van der Waals surface area contributed by atoms with Crippen LogP contribution in [0, 0.1) is 0 Å². The maximum atomic E-state index is 14.1. The van der Waals surface area contributed by atoms with Crippen LogP contribution in [0.25, 0.3) is 89.7 Å². The number of aromatic amines is 4. The molecule has 2 aliphatic heterocycles. The van der Waals surface area contributed by atoms with Crippen LogP contribution in [0.4, 0.5) is 11.4 Å². The normalized spacial score (nSPS) is 13.3. The third kappa shape index (κ3) is 23.6. The van der Waals surface area contributed by atoms with Crippen molar-refractivity contribution in [2.24, 2.45) is 5.73 Å². The molecular formula is C89H112N26O9. The molecule has 0 saturated carbocycles. The zero-order valence-electron chi connectivity index (χ0n) is 71.3. The molecule has 9 N–H and O–H groups in total. The molecule has 0 spiro atoms. The number of imidazole rings is 4. The number of piperazine rings is 2. The van der Waals surface area contributed by atoms with Gasteiger partial charge in [0.1, 0.15) is 40.5 Å². The lowest BCUT2D eigenvalue weighted by atomic mass is 10.2. The van der Waals surface area contributed by atoms with Gasteiger partial charge in [-0.1, -0.05) is 55.5 Å². The summed E-state index contributed by atoms with van der Waals surface area (Å²) in [6.45, 7) is 15.4. The van der Waals surface area contributed by atoms with Crippen LogP contribution in [-0.4, -0.2) is 286 Å². The van der Waals surface area contributed by atoms with E-state index < -0.39 is 36.7 Å². The van der Waals surface area contributed by atoms with Crippen LogP contribution in [0.2, 0.25) is 0 Å². The van der Waals surface area contributed by atoms with Crippen molar-refractivity contribution in [1.29, 1.82) is 0 Å². The van der Waals surface area contributed by atoms with Crippen molar-refractivity contribution in [3.63, 3.8) is 0 Å². The van der Waals surface area contributed by atoms with Gasteiger partial charge in [-0.15, -0.1) is 10.2 Å². The first-order chi connectivity index (χ1) is 60.3. The van der Waals surface area contributed by atoms with E-state index in [-0.39, 0.29) is 70.0 Å². The van der Waals surface area contributed by atoms with Crippen LogP contribution >= 0.6 is 0 Å². The maximum Gasteiger partial charge on any atom is 0.243 e. The van der Waals surface area contributed by atoms with E-state index in [1.165, 1.54) is 31.0 Å². The second-order valence-electron chi connectivity index (χ2n) is 31.9. The molecule has 6 aromatic heterocycles. The van der Waals surface area contributed by atoms with Crippen molar-refractivity contribution >= 4 is 96.9 Å². The molecule has 652 valence electrons. The fourth-order valence-electron chi connectivity index (χ4n) is 15.4. The van der Waals surface area contributed by atoms with Crippen molar-refractivity contribution in [2.45, 2.75) is 105 Å². The molecule has 2 aliphatic rings. The molecule has 12 aromatic rings. The van der Waals surface area contributed by atoms with E-state index in [2.05, 4.69) is 139 Å². The number of anilines is 2. The molecule has 14 rings (SSSR count). The van der Waals surface area contributed by atoms with Gasteiger partial charge in [-0.3, -0.25) is 42.9 Å². The first-order valence-corrected chi connectivity index (χ1v) is 43.1. The van der Waals surface area contributed by atoms with Gasteiger partial charge >= 0.3 is 0 Å². The number of likely N-dealkylation sites (N-methyl/N-ethyl adjacent to an activating group) is 2. The summed E-state index contributed by atoms with van der Waals surface area (Å²) in [6, 6.07) is 40.4. The Morgan fingerprint density at radius 3 is 1.27 bits per heavy atom. The van der Waals surface area contributed by atoms with Crippen LogP contribution in [0.1, 0.15) is 89.9 Å². The summed E-state index contributed by atoms with van der Waals surface area (Å²) in [5.74, 6) is 1.57. The Morgan fingerprint density at radius 2 is 0.839 bits per heavy atom. The predicted octanol–water partition coefficient (Wildman–Crippen LogP) is 7.60. The van der Waals surface area contributed by atoms with Crippen molar-refractivity contribution in [3.8, 4) is 57.1 Å². The van der Waals surface area contributed by atoms with E-state index in [4.69, 9.17) is 35.1 Å². The zero-order valence-corrected chi connectivity index (χ0v) is 71.3. The van der Waals surface area contributed by atoms with Gasteiger partial charge in [-0.05, 0) is 156 Å². The molecule has 8 heterocycles. The highest BCUT2D eigenvalue weighted by Crippen LogP contribution is 2.33. The van der Waals surface area contributed by atoms with Crippen LogP contribution in [0.5, 0.6) is 11.5 Å². The number of aryl methyl sites for hydroxylation is 2. The summed E-state index contributed by atoms with van der Waals surface area (Å²) in [7, 11) is 4.32. The van der Waals surface area contributed by atoms with Crippen LogP contribution in [0.15, 0.2) is 134 Å². The van der Waals surface area contributed by atoms with Crippen molar-refractivity contribution in [2.75, 3.05) is 155 Å². The summed E-state index contributed by atoms with van der Waals surface area (Å²) in [5, 5.41) is 26.0. The molecular weight excluding hydrogens is 1580 g/mol. The molecule has 2 fully saturated rings. The first kappa shape index (κ1) is 87.2. The molecule has 35 heteroatoms. The first-order valence-electron chi connectivity index (χ1n) is 43.1. The van der Waals surface area contributed by atoms with Crippen molar-refractivity contribution < 1.29 is 43.0 Å². The summed E-state index contributed by atoms with van der Waals surface area (Å²) >= 11 is 0. The van der Waals surface area contributed by atoms with E-state index in [1.807, 2.05) is 93.6 Å². The number of nitrogens with one attached hydrogen (secondary N) is 7. The van der Waals surface area contributed by atoms with Crippen molar-refractivity contribution in [3.05, 3.63) is 145 Å². The SMILES string of the molecule is CCCN(CC(=O)N(CCC)CC(=O)N(CCC)CC(=O)N(CC(N)=O)Cc1cn(CCCNC(=O)CCCOc2cccc(-c3nc4ccc(-c5nc6ccc(N7CCN(C)CC7)cc6[nH]5)cc4[nH]3)c2)nn1)C(=O)CNCc1cn(CCCNC(=O)CCCOc2cccc(-c3nc4ccc(-c5nc6ccc(N7CCN(C)CC7)cc6[nH]5)cc4[nH]3)c2)nn1. The minimum absolute atomic E-state index is 0.0844. The second kappa shape index (κ2) is 42.1. The fraction of sp³-hybridized carbons (Fsp3) is 0.427. The Kier molecular flexibility index (Phi) is 29.6. The number of nitrogens with zero attached hydrogens (tertiary/aromatic N) is 18. The minimum atomic E-state index is -0.766. The van der Waals surface area contributed by atoms with E-state index in [0.29, 0.717) is 132 Å². The van der Waals surface area contributed by atoms with Gasteiger partial charge in [-0.25, -0.2) is 19.9 Å². The van der Waals surface area contributed by atoms with Crippen LogP contribution in [-0.2, 0) is 59.7 Å². The molecule has 0 atom stereocenters. The number of fused-ring (bicyclic) bond motifs is 4. The Labute approximate surface area is 719 Å². The average molecular weight is 1690 g/mol. The average Bonchev–Trinajstić information content (AvgIpc) is 1.64. The van der Waals surface area contributed by atoms with Gasteiger partial charge in [0.2, 0.25) is 41.4 Å². The molecule has 2 saturated heterocycles. The smallest absolute Gasteiger partial charge is 0.243 e. The number of nitrogens with two attached hydrogens (primary N) is 1. The lowest BCUT2D eigenvalue weighted by molar-refractivity contribution is -0.146. The number of hydrogen-bond donors (Lipinski definition) is 8. The van der Waals surface area contributed by atoms with E-state index in [0.717, 1.165) is 130 Å². The highest BCUT2D eigenvalue weighted by atomic mass is 16.5. The van der Waals surface area contributed by atoms with Crippen LogP contribution in [0.3, 0.4) is 0 Å². The zero-order chi connectivity index (χ0) is 86.4. The third-order valence-electron chi connectivity index (χ3n) is 22.1. The summed E-state index contributed by atoms with van der Waals surface area (Å²) in [4.78, 5) is 143. The predicted molar refractivity (Wildman–Crippen MR) is 474 cm³/mol. The topological polar surface area (TPSA) is 402 Å². The lowest BCUT2D eigenvalue weighted by Crippen LogP contribution is -2.51. The molecule has 35 nitrogen and oxygen atoms in total. The highest BCUT2D eigenvalue weighted by Gasteiger charge is 2.29. The number of amides is 7. The molecule has 0 radical (unpaired) electrons. The van der Waals surface area contributed by atoms with Gasteiger partial charge in [0, 0.05) is 157 Å². The van der Waals surface area contributed by atoms with E-state index >= 15 is 0 Å². The van der Waals surface area contributed by atoms with Gasteiger partial charge < -0.3 is 90.3 Å². The van der Waals surface area contributed by atoms with Gasteiger partial charge in [0.25, 0.3) is 0 Å². The fourth-order valence-corrected chi connectivity index (χ4v) is 15.4. The number of benzene rings is 6. The number of primary amides is 1. The summed E-state index contributed by atoms with van der Waals surface area (Å²) in [5.41, 5.74) is 19.9. The van der Waals surface area contributed by atoms with Gasteiger partial charge in [0.15, 0.2) is 0 Å².